The van der Waals surface area contributed by atoms with E-state index < -0.39 is 0 Å². The molecule has 1 unspecified atom stereocenters. The Hall–Kier alpha value is -2.74. The van der Waals surface area contributed by atoms with E-state index in [0.29, 0.717) is 38.9 Å². The summed E-state index contributed by atoms with van der Waals surface area (Å²) in [4.78, 5) is 31.8. The lowest BCUT2D eigenvalue weighted by molar-refractivity contribution is -0.138. The molecule has 4 rings (SSSR count). The van der Waals surface area contributed by atoms with Crippen molar-refractivity contribution in [2.45, 2.75) is 25.8 Å². The van der Waals surface area contributed by atoms with Gasteiger partial charge in [-0.25, -0.2) is 9.37 Å². The maximum absolute atomic E-state index is 13.3. The predicted octanol–water partition coefficient (Wildman–Crippen LogP) is 2.63. The molecular weight excluding hydrogens is 379 g/mol. The molecule has 8 heteroatoms. The monoisotopic (exact) mass is 400 g/mol. The van der Waals surface area contributed by atoms with Crippen molar-refractivity contribution in [3.63, 3.8) is 0 Å². The van der Waals surface area contributed by atoms with Gasteiger partial charge in [-0.2, -0.15) is 0 Å². The van der Waals surface area contributed by atoms with Crippen molar-refractivity contribution in [1.29, 1.82) is 0 Å². The molecule has 1 aliphatic rings. The van der Waals surface area contributed by atoms with Gasteiger partial charge in [-0.1, -0.05) is 12.1 Å². The number of nitrogens with one attached hydrogen (secondary N) is 1. The van der Waals surface area contributed by atoms with Crippen molar-refractivity contribution in [2.75, 3.05) is 13.1 Å². The lowest BCUT2D eigenvalue weighted by Crippen LogP contribution is -2.46. The molecular formula is C20H21FN4O2S. The van der Waals surface area contributed by atoms with E-state index >= 15 is 0 Å². The molecule has 1 fully saturated rings. The fraction of sp³-hybridized carbons (Fsp3) is 0.350. The lowest BCUT2D eigenvalue weighted by Gasteiger charge is -2.32. The van der Waals surface area contributed by atoms with Gasteiger partial charge in [0, 0.05) is 37.3 Å². The maximum atomic E-state index is 13.3. The van der Waals surface area contributed by atoms with E-state index in [1.54, 1.807) is 22.3 Å². The van der Waals surface area contributed by atoms with Crippen LogP contribution in [0, 0.1) is 11.7 Å². The summed E-state index contributed by atoms with van der Waals surface area (Å²) in [6.45, 7) is 1.27. The quantitative estimate of drug-likeness (QED) is 0.692. The summed E-state index contributed by atoms with van der Waals surface area (Å²) in [5, 5.41) is 4.90. The van der Waals surface area contributed by atoms with Crippen LogP contribution in [0.2, 0.25) is 0 Å². The number of carbonyl (C=O) groups excluding carboxylic acids is 2. The van der Waals surface area contributed by atoms with E-state index in [4.69, 9.17) is 0 Å². The zero-order valence-electron chi connectivity index (χ0n) is 15.3. The molecule has 1 atom stereocenters. The zero-order valence-corrected chi connectivity index (χ0v) is 16.1. The van der Waals surface area contributed by atoms with E-state index in [-0.39, 0.29) is 23.5 Å². The van der Waals surface area contributed by atoms with Crippen molar-refractivity contribution in [1.82, 2.24) is 19.6 Å². The summed E-state index contributed by atoms with van der Waals surface area (Å²) in [5.74, 6) is -0.512. The average Bonchev–Trinajstić information content (AvgIpc) is 3.27. The number of rotatable bonds is 6. The minimum Gasteiger partial charge on any atom is -0.350 e. The van der Waals surface area contributed by atoms with Gasteiger partial charge in [-0.05, 0) is 30.5 Å². The topological polar surface area (TPSA) is 66.7 Å². The Morgan fingerprint density at radius 1 is 1.39 bits per heavy atom. The number of carbonyl (C=O) groups is 2. The first kappa shape index (κ1) is 18.6. The van der Waals surface area contributed by atoms with Crippen molar-refractivity contribution in [3.8, 4) is 0 Å². The summed E-state index contributed by atoms with van der Waals surface area (Å²) in [6, 6.07) is 6.39. The lowest BCUT2D eigenvalue weighted by atomic mass is 9.96. The number of thiazole rings is 1. The van der Waals surface area contributed by atoms with Crippen LogP contribution in [0.15, 0.2) is 42.0 Å². The number of aromatic nitrogens is 2. The number of likely N-dealkylation sites (tertiary alicyclic amines) is 1. The number of hydrogen-bond acceptors (Lipinski definition) is 4. The van der Waals surface area contributed by atoms with Gasteiger partial charge in [0.1, 0.15) is 5.82 Å². The summed E-state index contributed by atoms with van der Waals surface area (Å²) in [7, 11) is 0. The molecule has 0 saturated carbocycles. The molecule has 6 nitrogen and oxygen atoms in total. The molecule has 28 heavy (non-hydrogen) atoms. The molecule has 0 spiro atoms. The van der Waals surface area contributed by atoms with Gasteiger partial charge >= 0.3 is 0 Å². The number of imidazole rings is 1. The van der Waals surface area contributed by atoms with Crippen LogP contribution in [-0.2, 0) is 22.6 Å². The van der Waals surface area contributed by atoms with E-state index in [1.165, 1.54) is 12.1 Å². The highest BCUT2D eigenvalue weighted by molar-refractivity contribution is 7.15. The largest absolute Gasteiger partial charge is 0.350 e. The Bertz CT molecular complexity index is 970. The molecule has 2 aromatic heterocycles. The Balaban J connectivity index is 1.30. The van der Waals surface area contributed by atoms with E-state index in [2.05, 4.69) is 10.3 Å². The molecule has 1 N–H and O–H groups in total. The van der Waals surface area contributed by atoms with Crippen molar-refractivity contribution < 1.29 is 14.0 Å². The molecule has 3 aromatic rings. The van der Waals surface area contributed by atoms with Crippen LogP contribution in [0.3, 0.4) is 0 Å². The van der Waals surface area contributed by atoms with Gasteiger partial charge in [0.25, 0.3) is 0 Å². The van der Waals surface area contributed by atoms with E-state index in [1.807, 2.05) is 28.2 Å². The molecule has 1 saturated heterocycles. The van der Waals surface area contributed by atoms with Crippen LogP contribution in [0.4, 0.5) is 4.39 Å². The third-order valence-electron chi connectivity index (χ3n) is 5.02. The van der Waals surface area contributed by atoms with E-state index in [0.717, 1.165) is 16.2 Å². The summed E-state index contributed by atoms with van der Waals surface area (Å²) in [5.41, 5.74) is 1.66. The molecule has 3 heterocycles. The average molecular weight is 400 g/mol. The maximum Gasteiger partial charge on any atom is 0.225 e. The van der Waals surface area contributed by atoms with Crippen molar-refractivity contribution >= 4 is 28.1 Å². The standard InChI is InChI=1S/C20H21FN4O2S/c21-16-3-1-2-14(10-16)6-7-24-12-15(4-5-18(24)26)19(27)22-11-17-13-25-8-9-28-20(25)23-17/h1-3,8-10,13,15H,4-7,11-12H2,(H,22,27). The fourth-order valence-electron chi connectivity index (χ4n) is 3.48. The number of amides is 2. The molecule has 0 radical (unpaired) electrons. The van der Waals surface area contributed by atoms with Crippen LogP contribution in [0.1, 0.15) is 24.1 Å². The Kier molecular flexibility index (Phi) is 5.38. The second kappa shape index (κ2) is 8.10. The number of nitrogens with zero attached hydrogens (tertiary/aromatic N) is 3. The minimum absolute atomic E-state index is 0.0507. The first-order valence-electron chi connectivity index (χ1n) is 9.29. The van der Waals surface area contributed by atoms with Crippen LogP contribution in [0.25, 0.3) is 4.96 Å². The number of piperidine rings is 1. The van der Waals surface area contributed by atoms with Gasteiger partial charge in [0.15, 0.2) is 4.96 Å². The van der Waals surface area contributed by atoms with Crippen LogP contribution >= 0.6 is 11.3 Å². The van der Waals surface area contributed by atoms with Gasteiger partial charge in [-0.3, -0.25) is 14.0 Å². The van der Waals surface area contributed by atoms with E-state index in [9.17, 15) is 14.0 Å². The van der Waals surface area contributed by atoms with Crippen LogP contribution in [-0.4, -0.2) is 39.2 Å². The Morgan fingerprint density at radius 3 is 3.11 bits per heavy atom. The normalized spacial score (nSPS) is 17.2. The Morgan fingerprint density at radius 2 is 2.29 bits per heavy atom. The smallest absolute Gasteiger partial charge is 0.225 e. The highest BCUT2D eigenvalue weighted by Gasteiger charge is 2.30. The van der Waals surface area contributed by atoms with Gasteiger partial charge in [0.05, 0.1) is 18.2 Å². The third kappa shape index (κ3) is 4.22. The second-order valence-corrected chi connectivity index (χ2v) is 7.87. The van der Waals surface area contributed by atoms with Crippen molar-refractivity contribution in [3.05, 3.63) is 59.1 Å². The molecule has 146 valence electrons. The van der Waals surface area contributed by atoms with Gasteiger partial charge in [-0.15, -0.1) is 11.3 Å². The molecule has 0 bridgehead atoms. The zero-order chi connectivity index (χ0) is 19.5. The molecule has 1 aromatic carbocycles. The fourth-order valence-corrected chi connectivity index (χ4v) is 4.20. The first-order valence-corrected chi connectivity index (χ1v) is 10.2. The van der Waals surface area contributed by atoms with Crippen LogP contribution < -0.4 is 5.32 Å². The molecule has 0 aliphatic carbocycles. The summed E-state index contributed by atoms with van der Waals surface area (Å²) in [6.07, 6.45) is 5.33. The predicted molar refractivity (Wildman–Crippen MR) is 104 cm³/mol. The minimum atomic E-state index is -0.279. The third-order valence-corrected chi connectivity index (χ3v) is 5.79. The summed E-state index contributed by atoms with van der Waals surface area (Å²) < 4.78 is 15.2. The number of halogens is 1. The first-order chi connectivity index (χ1) is 13.6. The summed E-state index contributed by atoms with van der Waals surface area (Å²) >= 11 is 1.55. The highest BCUT2D eigenvalue weighted by Crippen LogP contribution is 2.19. The molecule has 2 amide bonds. The van der Waals surface area contributed by atoms with Crippen LogP contribution in [0.5, 0.6) is 0 Å². The highest BCUT2D eigenvalue weighted by atomic mass is 32.1. The Labute approximate surface area is 166 Å². The second-order valence-electron chi connectivity index (χ2n) is 7.00. The number of fused-ring (bicyclic) bond motifs is 1. The van der Waals surface area contributed by atoms with Gasteiger partial charge < -0.3 is 10.2 Å². The SMILES string of the molecule is O=C(NCc1cn2ccsc2n1)C1CCC(=O)N(CCc2cccc(F)c2)C1. The molecule has 1 aliphatic heterocycles. The number of benzene rings is 1. The van der Waals surface area contributed by atoms with Crippen molar-refractivity contribution in [2.24, 2.45) is 5.92 Å². The number of hydrogen-bond donors (Lipinski definition) is 1. The van der Waals surface area contributed by atoms with Gasteiger partial charge in [0.2, 0.25) is 11.8 Å².